The molecule has 0 radical (unpaired) electrons. The Hall–Kier alpha value is -1.30. The number of nitrogens with two attached hydrogens (primary N) is 1. The van der Waals surface area contributed by atoms with Crippen LogP contribution in [0.1, 0.15) is 32.8 Å². The first-order valence-corrected chi connectivity index (χ1v) is 8.20. The average molecular weight is 342 g/mol. The van der Waals surface area contributed by atoms with Crippen LogP contribution in [0.15, 0.2) is 24.3 Å². The predicted molar refractivity (Wildman–Crippen MR) is 94.6 cm³/mol. The predicted octanol–water partition coefficient (Wildman–Crippen LogP) is 3.01. The third-order valence-electron chi connectivity index (χ3n) is 3.39. The lowest BCUT2D eigenvalue weighted by atomic mass is 10.1. The molecular weight excluding hydrogens is 314 g/mol. The van der Waals surface area contributed by atoms with Gasteiger partial charge in [0.05, 0.1) is 0 Å². The van der Waals surface area contributed by atoms with Crippen molar-refractivity contribution < 1.29 is 9.53 Å². The molecule has 0 aromatic heterocycles. The minimum absolute atomic E-state index is 0.181. The van der Waals surface area contributed by atoms with E-state index in [-0.39, 0.29) is 6.04 Å². The average Bonchev–Trinajstić information content (AvgIpc) is 2.44. The summed E-state index contributed by atoms with van der Waals surface area (Å²) in [6.07, 6.45) is 0.369. The molecule has 0 aliphatic rings. The fraction of sp³-hybridized carbons (Fsp3) is 0.588. The maximum atomic E-state index is 11.6. The van der Waals surface area contributed by atoms with Gasteiger partial charge in [0, 0.05) is 30.7 Å². The fourth-order valence-corrected chi connectivity index (χ4v) is 2.31. The number of ether oxygens (including phenoxy) is 1. The van der Waals surface area contributed by atoms with Crippen LogP contribution in [-0.4, -0.2) is 42.8 Å². The molecule has 3 N–H and O–H groups in total. The van der Waals surface area contributed by atoms with Crippen LogP contribution in [-0.2, 0) is 11.3 Å². The Balaban J connectivity index is 2.40. The van der Waals surface area contributed by atoms with E-state index in [1.165, 1.54) is 5.56 Å². The van der Waals surface area contributed by atoms with Crippen LogP contribution < -0.4 is 11.1 Å². The highest BCUT2D eigenvalue weighted by atomic mass is 35.5. The monoisotopic (exact) mass is 341 g/mol. The minimum atomic E-state index is -0.483. The van der Waals surface area contributed by atoms with Crippen molar-refractivity contribution in [3.63, 3.8) is 0 Å². The molecule has 23 heavy (non-hydrogen) atoms. The van der Waals surface area contributed by atoms with E-state index >= 15 is 0 Å². The summed E-state index contributed by atoms with van der Waals surface area (Å²) in [5.41, 5.74) is 6.56. The molecule has 130 valence electrons. The Bertz CT molecular complexity index is 486. The zero-order chi connectivity index (χ0) is 17.5. The Kier molecular flexibility index (Phi) is 7.82. The number of rotatable bonds is 7. The van der Waals surface area contributed by atoms with E-state index in [2.05, 4.69) is 10.2 Å². The van der Waals surface area contributed by atoms with E-state index < -0.39 is 11.7 Å². The Morgan fingerprint density at radius 3 is 2.48 bits per heavy atom. The number of nitrogens with zero attached hydrogens (tertiary/aromatic N) is 1. The second-order valence-corrected chi connectivity index (χ2v) is 7.08. The first-order valence-electron chi connectivity index (χ1n) is 7.83. The third-order valence-corrected chi connectivity index (χ3v) is 3.64. The lowest BCUT2D eigenvalue weighted by Crippen LogP contribution is -2.41. The quantitative estimate of drug-likeness (QED) is 0.800. The molecule has 5 nitrogen and oxygen atoms in total. The molecule has 1 amide bonds. The number of likely N-dealkylation sites (N-methyl/N-ethyl adjacent to an activating group) is 1. The second kappa shape index (κ2) is 9.11. The highest BCUT2D eigenvalue weighted by molar-refractivity contribution is 6.30. The third kappa shape index (κ3) is 8.21. The highest BCUT2D eigenvalue weighted by Crippen LogP contribution is 2.13. The molecule has 6 heteroatoms. The Morgan fingerprint density at radius 1 is 1.35 bits per heavy atom. The number of benzene rings is 1. The molecule has 1 rings (SSSR count). The number of carbonyl (C=O) groups excluding carboxylic acids is 1. The number of hydrogen-bond donors (Lipinski definition) is 2. The summed E-state index contributed by atoms with van der Waals surface area (Å²) < 4.78 is 5.21. The summed E-state index contributed by atoms with van der Waals surface area (Å²) in [5.74, 6) is 0. The van der Waals surface area contributed by atoms with E-state index in [0.717, 1.165) is 18.0 Å². The smallest absolute Gasteiger partial charge is 0.407 e. The van der Waals surface area contributed by atoms with Crippen LogP contribution in [0, 0.1) is 0 Å². The summed E-state index contributed by atoms with van der Waals surface area (Å²) in [6, 6.07) is 7.95. The summed E-state index contributed by atoms with van der Waals surface area (Å²) in [5, 5.41) is 3.50. The second-order valence-electron chi connectivity index (χ2n) is 6.65. The zero-order valence-corrected chi connectivity index (χ0v) is 15.2. The Labute approximate surface area is 144 Å². The molecule has 1 aromatic carbocycles. The fourth-order valence-electron chi connectivity index (χ4n) is 2.18. The van der Waals surface area contributed by atoms with Crippen LogP contribution in [0.3, 0.4) is 0 Å². The zero-order valence-electron chi connectivity index (χ0n) is 14.4. The molecule has 0 fully saturated rings. The van der Waals surface area contributed by atoms with Crippen molar-refractivity contribution in [2.24, 2.45) is 5.73 Å². The summed E-state index contributed by atoms with van der Waals surface area (Å²) in [4.78, 5) is 13.8. The molecule has 0 heterocycles. The summed E-state index contributed by atoms with van der Waals surface area (Å²) >= 11 is 5.90. The molecule has 0 saturated heterocycles. The van der Waals surface area contributed by atoms with Gasteiger partial charge in [-0.25, -0.2) is 4.79 Å². The summed E-state index contributed by atoms with van der Waals surface area (Å²) in [7, 11) is 2.03. The van der Waals surface area contributed by atoms with Crippen molar-refractivity contribution >= 4 is 17.7 Å². The SMILES string of the molecule is CN(Cc1ccc(Cl)cc1)C(CN)CCNC(=O)OC(C)(C)C. The molecule has 0 saturated carbocycles. The van der Waals surface area contributed by atoms with Gasteiger partial charge in [0.15, 0.2) is 0 Å². The van der Waals surface area contributed by atoms with Crippen molar-refractivity contribution in [2.75, 3.05) is 20.1 Å². The van der Waals surface area contributed by atoms with Gasteiger partial charge >= 0.3 is 6.09 Å². The molecule has 0 spiro atoms. The van der Waals surface area contributed by atoms with Crippen molar-refractivity contribution in [2.45, 2.75) is 45.4 Å². The lowest BCUT2D eigenvalue weighted by Gasteiger charge is -2.27. The van der Waals surface area contributed by atoms with E-state index in [1.54, 1.807) is 0 Å². The van der Waals surface area contributed by atoms with E-state index in [9.17, 15) is 4.79 Å². The van der Waals surface area contributed by atoms with Gasteiger partial charge in [-0.05, 0) is 51.9 Å². The lowest BCUT2D eigenvalue weighted by molar-refractivity contribution is 0.0522. The molecule has 1 aromatic rings. The van der Waals surface area contributed by atoms with Gasteiger partial charge in [0.2, 0.25) is 0 Å². The maximum Gasteiger partial charge on any atom is 0.407 e. The van der Waals surface area contributed by atoms with Gasteiger partial charge in [-0.3, -0.25) is 4.90 Å². The molecule has 1 atom stereocenters. The number of carbonyl (C=O) groups is 1. The standard InChI is InChI=1S/C17H28ClN3O2/c1-17(2,3)23-16(22)20-10-9-15(11-19)21(4)12-13-5-7-14(18)8-6-13/h5-8,15H,9-12,19H2,1-4H3,(H,20,22). The number of hydrogen-bond acceptors (Lipinski definition) is 4. The van der Waals surface area contributed by atoms with Gasteiger partial charge in [-0.2, -0.15) is 0 Å². The minimum Gasteiger partial charge on any atom is -0.444 e. The van der Waals surface area contributed by atoms with Crippen LogP contribution >= 0.6 is 11.6 Å². The molecular formula is C17H28ClN3O2. The van der Waals surface area contributed by atoms with Crippen LogP contribution in [0.5, 0.6) is 0 Å². The highest BCUT2D eigenvalue weighted by Gasteiger charge is 2.17. The van der Waals surface area contributed by atoms with E-state index in [1.807, 2.05) is 52.1 Å². The first kappa shape index (κ1) is 19.7. The van der Waals surface area contributed by atoms with Crippen LogP contribution in [0.25, 0.3) is 0 Å². The van der Waals surface area contributed by atoms with E-state index in [0.29, 0.717) is 13.1 Å². The maximum absolute atomic E-state index is 11.6. The molecule has 0 aliphatic heterocycles. The van der Waals surface area contributed by atoms with Crippen molar-refractivity contribution in [1.29, 1.82) is 0 Å². The Morgan fingerprint density at radius 2 is 1.96 bits per heavy atom. The van der Waals surface area contributed by atoms with Crippen LogP contribution in [0.4, 0.5) is 4.79 Å². The normalized spacial score (nSPS) is 13.0. The number of halogens is 1. The van der Waals surface area contributed by atoms with Gasteiger partial charge in [0.25, 0.3) is 0 Å². The molecule has 0 aliphatic carbocycles. The largest absolute Gasteiger partial charge is 0.444 e. The topological polar surface area (TPSA) is 67.6 Å². The van der Waals surface area contributed by atoms with E-state index in [4.69, 9.17) is 22.1 Å². The van der Waals surface area contributed by atoms with Gasteiger partial charge < -0.3 is 15.8 Å². The van der Waals surface area contributed by atoms with Gasteiger partial charge in [0.1, 0.15) is 5.60 Å². The van der Waals surface area contributed by atoms with Gasteiger partial charge in [-0.15, -0.1) is 0 Å². The number of amides is 1. The van der Waals surface area contributed by atoms with Crippen molar-refractivity contribution in [3.8, 4) is 0 Å². The summed E-state index contributed by atoms with van der Waals surface area (Å²) in [6.45, 7) is 7.37. The van der Waals surface area contributed by atoms with Crippen LogP contribution in [0.2, 0.25) is 5.02 Å². The number of alkyl carbamates (subject to hydrolysis) is 1. The number of nitrogens with one attached hydrogen (secondary N) is 1. The first-order chi connectivity index (χ1) is 10.7. The van der Waals surface area contributed by atoms with Gasteiger partial charge in [-0.1, -0.05) is 23.7 Å². The van der Waals surface area contributed by atoms with Crippen molar-refractivity contribution in [3.05, 3.63) is 34.9 Å². The molecule has 0 bridgehead atoms. The van der Waals surface area contributed by atoms with Crippen molar-refractivity contribution in [1.82, 2.24) is 10.2 Å². The molecule has 1 unspecified atom stereocenters.